The van der Waals surface area contributed by atoms with Crippen LogP contribution in [0.15, 0.2) is 42.5 Å². The number of benzene rings is 2. The topological polar surface area (TPSA) is 37.3 Å². The Labute approximate surface area is 107 Å². The third-order valence-electron chi connectivity index (χ3n) is 2.90. The van der Waals surface area contributed by atoms with E-state index in [2.05, 4.69) is 0 Å². The predicted octanol–water partition coefficient (Wildman–Crippen LogP) is 3.43. The largest absolute Gasteiger partial charge is 0.507 e. The van der Waals surface area contributed by atoms with E-state index < -0.39 is 0 Å². The van der Waals surface area contributed by atoms with Crippen LogP contribution in [0.2, 0.25) is 0 Å². The summed E-state index contributed by atoms with van der Waals surface area (Å²) in [5.41, 5.74) is 3.48. The Bertz CT molecular complexity index is 585. The summed E-state index contributed by atoms with van der Waals surface area (Å²) >= 11 is 0. The summed E-state index contributed by atoms with van der Waals surface area (Å²) in [7, 11) is 0. The minimum Gasteiger partial charge on any atom is -0.507 e. The third kappa shape index (κ3) is 2.77. The summed E-state index contributed by atoms with van der Waals surface area (Å²) < 4.78 is 0. The molecule has 2 aromatic rings. The molecule has 0 radical (unpaired) electrons. The first-order chi connectivity index (χ1) is 8.56. The number of carbonyl (C=O) groups is 1. The number of aromatic hydroxyl groups is 1. The molecule has 0 atom stereocenters. The van der Waals surface area contributed by atoms with Crippen LogP contribution in [0.5, 0.6) is 5.75 Å². The van der Waals surface area contributed by atoms with Crippen LogP contribution in [-0.2, 0) is 6.42 Å². The van der Waals surface area contributed by atoms with Gasteiger partial charge in [-0.05, 0) is 31.5 Å². The molecule has 2 nitrogen and oxygen atoms in total. The van der Waals surface area contributed by atoms with Crippen molar-refractivity contribution in [3.05, 3.63) is 64.7 Å². The highest BCUT2D eigenvalue weighted by Gasteiger charge is 2.12. The smallest absolute Gasteiger partial charge is 0.170 e. The lowest BCUT2D eigenvalue weighted by Crippen LogP contribution is -2.04. The number of ketones is 1. The maximum absolute atomic E-state index is 12.1. The molecule has 0 spiro atoms. The van der Waals surface area contributed by atoms with Gasteiger partial charge in [0.05, 0.1) is 5.56 Å². The number of rotatable bonds is 3. The van der Waals surface area contributed by atoms with Crippen molar-refractivity contribution in [3.8, 4) is 5.75 Å². The van der Waals surface area contributed by atoms with Crippen molar-refractivity contribution >= 4 is 5.78 Å². The number of hydrogen-bond donors (Lipinski definition) is 1. The lowest BCUT2D eigenvalue weighted by Gasteiger charge is -2.06. The average Bonchev–Trinajstić information content (AvgIpc) is 2.32. The molecular weight excluding hydrogens is 224 g/mol. The van der Waals surface area contributed by atoms with Crippen molar-refractivity contribution in [2.45, 2.75) is 20.3 Å². The Morgan fingerprint density at radius 2 is 1.78 bits per heavy atom. The fourth-order valence-electron chi connectivity index (χ4n) is 1.98. The van der Waals surface area contributed by atoms with Gasteiger partial charge in [-0.1, -0.05) is 41.5 Å². The zero-order valence-corrected chi connectivity index (χ0v) is 10.6. The van der Waals surface area contributed by atoms with Gasteiger partial charge in [-0.15, -0.1) is 0 Å². The Hall–Kier alpha value is -2.09. The van der Waals surface area contributed by atoms with Gasteiger partial charge in [0.15, 0.2) is 5.78 Å². The molecule has 0 saturated carbocycles. The van der Waals surface area contributed by atoms with E-state index in [1.54, 1.807) is 18.2 Å². The molecule has 0 unspecified atom stereocenters. The highest BCUT2D eigenvalue weighted by Crippen LogP contribution is 2.20. The van der Waals surface area contributed by atoms with Crippen LogP contribution in [0, 0.1) is 13.8 Å². The van der Waals surface area contributed by atoms with Crippen molar-refractivity contribution in [2.24, 2.45) is 0 Å². The quantitative estimate of drug-likeness (QED) is 0.834. The Morgan fingerprint density at radius 3 is 2.50 bits per heavy atom. The van der Waals surface area contributed by atoms with Gasteiger partial charge in [0.2, 0.25) is 0 Å². The molecule has 0 saturated heterocycles. The molecule has 18 heavy (non-hydrogen) atoms. The first-order valence-corrected chi connectivity index (χ1v) is 5.94. The van der Waals surface area contributed by atoms with Crippen LogP contribution in [-0.4, -0.2) is 10.9 Å². The van der Waals surface area contributed by atoms with Gasteiger partial charge >= 0.3 is 0 Å². The summed E-state index contributed by atoms with van der Waals surface area (Å²) in [6, 6.07) is 12.9. The van der Waals surface area contributed by atoms with Crippen LogP contribution in [0.4, 0.5) is 0 Å². The average molecular weight is 240 g/mol. The molecule has 0 aromatic heterocycles. The lowest BCUT2D eigenvalue weighted by atomic mass is 10.00. The molecular formula is C16H16O2. The number of aryl methyl sites for hydroxylation is 2. The third-order valence-corrected chi connectivity index (χ3v) is 2.90. The number of hydrogen-bond acceptors (Lipinski definition) is 2. The standard InChI is InChI=1S/C16H16O2/c1-11-4-3-5-13(8-11)10-16(18)14-9-12(2)6-7-15(14)17/h3-9,17H,10H2,1-2H3. The van der Waals surface area contributed by atoms with Crippen LogP contribution >= 0.6 is 0 Å². The molecule has 0 aliphatic rings. The van der Waals surface area contributed by atoms with Crippen LogP contribution in [0.25, 0.3) is 0 Å². The van der Waals surface area contributed by atoms with E-state index in [1.165, 1.54) is 0 Å². The monoisotopic (exact) mass is 240 g/mol. The van der Waals surface area contributed by atoms with Crippen LogP contribution in [0.1, 0.15) is 27.0 Å². The van der Waals surface area contributed by atoms with E-state index in [9.17, 15) is 9.90 Å². The summed E-state index contributed by atoms with van der Waals surface area (Å²) in [5.74, 6) is 0.0000491. The number of carbonyl (C=O) groups excluding carboxylic acids is 1. The van der Waals surface area contributed by atoms with Gasteiger partial charge in [0.25, 0.3) is 0 Å². The van der Waals surface area contributed by atoms with Crippen molar-refractivity contribution in [1.82, 2.24) is 0 Å². The molecule has 92 valence electrons. The first-order valence-electron chi connectivity index (χ1n) is 5.94. The molecule has 0 aliphatic carbocycles. The Morgan fingerprint density at radius 1 is 1.06 bits per heavy atom. The van der Waals surface area contributed by atoms with Gasteiger partial charge in [0.1, 0.15) is 5.75 Å². The van der Waals surface area contributed by atoms with E-state index in [4.69, 9.17) is 0 Å². The van der Waals surface area contributed by atoms with Gasteiger partial charge < -0.3 is 5.11 Å². The lowest BCUT2D eigenvalue weighted by molar-refractivity contribution is 0.0990. The summed E-state index contributed by atoms with van der Waals surface area (Å²) in [6.07, 6.45) is 0.318. The number of Topliss-reactive ketones (excluding diaryl/α,β-unsaturated/α-hetero) is 1. The number of phenolic OH excluding ortho intramolecular Hbond substituents is 1. The Balaban J connectivity index is 2.24. The van der Waals surface area contributed by atoms with Crippen molar-refractivity contribution in [1.29, 1.82) is 0 Å². The van der Waals surface area contributed by atoms with Gasteiger partial charge in [0, 0.05) is 6.42 Å². The first kappa shape index (κ1) is 12.4. The second-order valence-corrected chi connectivity index (χ2v) is 4.61. The molecule has 2 aromatic carbocycles. The maximum atomic E-state index is 12.1. The van der Waals surface area contributed by atoms with E-state index in [0.29, 0.717) is 12.0 Å². The van der Waals surface area contributed by atoms with Gasteiger partial charge in [-0.2, -0.15) is 0 Å². The summed E-state index contributed by atoms with van der Waals surface area (Å²) in [6.45, 7) is 3.90. The molecule has 0 amide bonds. The minimum absolute atomic E-state index is 0.0539. The van der Waals surface area contributed by atoms with E-state index in [-0.39, 0.29) is 11.5 Å². The molecule has 0 bridgehead atoms. The van der Waals surface area contributed by atoms with E-state index in [1.807, 2.05) is 38.1 Å². The zero-order chi connectivity index (χ0) is 13.1. The number of phenols is 1. The fraction of sp³-hybridized carbons (Fsp3) is 0.188. The Kier molecular flexibility index (Phi) is 3.47. The zero-order valence-electron chi connectivity index (χ0n) is 10.6. The normalized spacial score (nSPS) is 10.3. The molecule has 0 aliphatic heterocycles. The molecule has 0 heterocycles. The molecule has 2 rings (SSSR count). The van der Waals surface area contributed by atoms with Crippen molar-refractivity contribution < 1.29 is 9.90 Å². The molecule has 2 heteroatoms. The molecule has 1 N–H and O–H groups in total. The van der Waals surface area contributed by atoms with Gasteiger partial charge in [-0.25, -0.2) is 0 Å². The highest BCUT2D eigenvalue weighted by atomic mass is 16.3. The minimum atomic E-state index is -0.0539. The van der Waals surface area contributed by atoms with Crippen LogP contribution in [0.3, 0.4) is 0 Å². The maximum Gasteiger partial charge on any atom is 0.170 e. The van der Waals surface area contributed by atoms with Crippen LogP contribution < -0.4 is 0 Å². The van der Waals surface area contributed by atoms with Crippen molar-refractivity contribution in [3.63, 3.8) is 0 Å². The predicted molar refractivity (Wildman–Crippen MR) is 72.1 cm³/mol. The SMILES string of the molecule is Cc1cccc(CC(=O)c2cc(C)ccc2O)c1. The van der Waals surface area contributed by atoms with Crippen molar-refractivity contribution in [2.75, 3.05) is 0 Å². The van der Waals surface area contributed by atoms with Gasteiger partial charge in [-0.3, -0.25) is 4.79 Å². The summed E-state index contributed by atoms with van der Waals surface area (Å²) in [5, 5.41) is 9.72. The van der Waals surface area contributed by atoms with E-state index >= 15 is 0 Å². The second kappa shape index (κ2) is 5.05. The molecule has 0 fully saturated rings. The van der Waals surface area contributed by atoms with E-state index in [0.717, 1.165) is 16.7 Å². The highest BCUT2D eigenvalue weighted by molar-refractivity contribution is 6.00. The summed E-state index contributed by atoms with van der Waals surface area (Å²) in [4.78, 5) is 12.1. The fourth-order valence-corrected chi connectivity index (χ4v) is 1.98. The second-order valence-electron chi connectivity index (χ2n) is 4.61.